The molecule has 16 rings (SSSR count). The van der Waals surface area contributed by atoms with Gasteiger partial charge in [-0.3, -0.25) is 0 Å². The minimum atomic E-state index is -0.826. The van der Waals surface area contributed by atoms with Crippen molar-refractivity contribution in [2.75, 3.05) is 0 Å². The molecule has 0 saturated carbocycles. The topological polar surface area (TPSA) is 0 Å². The SMILES string of the molecule is C[Si].C[Si].Cc1cc2c(-c3cccc4ccccc34)cccc2[cH-]1.Cc1cc2c(-c3cccc4ccccc34)cccc2[cH-]1.Cc1cc2c(-c3cccc4ccccc34)cccc2[cH-]1.Cc1cc2c(-c3cccc4ccccc34)cccc2[cH-]1.[CH2-]C[CH2-].[Cl][Zr][Cl].[Cl][Zr][Cl]. The molecule has 0 heterocycles. The van der Waals surface area contributed by atoms with Crippen molar-refractivity contribution in [1.29, 1.82) is 0 Å². The maximum atomic E-state index is 4.93. The first-order chi connectivity index (χ1) is 45.5. The molecule has 462 valence electrons. The van der Waals surface area contributed by atoms with E-state index in [2.05, 4.69) is 353 Å². The van der Waals surface area contributed by atoms with Crippen LogP contribution in [0.2, 0.25) is 13.1 Å². The monoisotopic (exact) mass is 1470 g/mol. The quantitative estimate of drug-likeness (QED) is 0.122. The number of hydrogen-bond acceptors (Lipinski definition) is 0. The second-order valence-corrected chi connectivity index (χ2v) is 29.4. The fourth-order valence-corrected chi connectivity index (χ4v) is 12.3. The summed E-state index contributed by atoms with van der Waals surface area (Å²) in [4.78, 5) is 0. The molecule has 0 aliphatic rings. The normalized spacial score (nSPS) is 10.3. The molecule has 0 N–H and O–H groups in total. The molecule has 93 heavy (non-hydrogen) atoms. The summed E-state index contributed by atoms with van der Waals surface area (Å²) in [5.74, 6) is 0. The van der Waals surface area contributed by atoms with Crippen LogP contribution in [0.5, 0.6) is 0 Å². The van der Waals surface area contributed by atoms with Gasteiger partial charge in [0.15, 0.2) is 0 Å². The van der Waals surface area contributed by atoms with Crippen molar-refractivity contribution >= 4 is 141 Å². The van der Waals surface area contributed by atoms with Crippen LogP contribution < -0.4 is 0 Å². The van der Waals surface area contributed by atoms with E-state index >= 15 is 0 Å². The molecule has 0 fully saturated rings. The van der Waals surface area contributed by atoms with E-state index in [1.165, 1.54) is 153 Å². The van der Waals surface area contributed by atoms with Gasteiger partial charge in [-0.15, -0.1) is 138 Å². The van der Waals surface area contributed by atoms with E-state index < -0.39 is 41.7 Å². The van der Waals surface area contributed by atoms with Gasteiger partial charge in [-0.05, 0) is 65.3 Å². The van der Waals surface area contributed by atoms with Gasteiger partial charge in [-0.25, -0.2) is 0 Å². The molecule has 6 radical (unpaired) electrons. The van der Waals surface area contributed by atoms with Gasteiger partial charge in [0.25, 0.3) is 0 Å². The van der Waals surface area contributed by atoms with Gasteiger partial charge in [-0.2, -0.15) is 24.3 Å². The Hall–Kier alpha value is -6.52. The molecular weight excluding hydrogens is 1400 g/mol. The summed E-state index contributed by atoms with van der Waals surface area (Å²) in [6, 6.07) is 105. The first-order valence-electron chi connectivity index (χ1n) is 30.6. The Morgan fingerprint density at radius 3 is 0.602 bits per heavy atom. The van der Waals surface area contributed by atoms with Crippen molar-refractivity contribution < 1.29 is 41.7 Å². The number of hydrogen-bond donors (Lipinski definition) is 0. The predicted octanol–water partition coefficient (Wildman–Crippen LogP) is 27.0. The Labute approximate surface area is 595 Å². The fraction of sp³-hybridized carbons (Fsp3) is 0.0824. The van der Waals surface area contributed by atoms with Crippen LogP contribution in [-0.4, -0.2) is 20.5 Å². The van der Waals surface area contributed by atoms with Crippen LogP contribution in [0.3, 0.4) is 0 Å². The zero-order valence-electron chi connectivity index (χ0n) is 53.3. The second kappa shape index (κ2) is 37.0. The van der Waals surface area contributed by atoms with E-state index in [1.54, 1.807) is 13.1 Å². The van der Waals surface area contributed by atoms with Gasteiger partial charge in [-0.1, -0.05) is 257 Å². The molecule has 16 aromatic rings. The summed E-state index contributed by atoms with van der Waals surface area (Å²) in [7, 11) is 25.7. The van der Waals surface area contributed by atoms with Crippen LogP contribution in [0.15, 0.2) is 291 Å². The summed E-state index contributed by atoms with van der Waals surface area (Å²) in [5, 5.41) is 21.2. The summed E-state index contributed by atoms with van der Waals surface area (Å²) in [6.07, 6.45) is 0.750. The first-order valence-corrected chi connectivity index (χ1v) is 45.3. The molecular formula is C85H72Cl4Si2Zr2-6. The maximum absolute atomic E-state index is 4.93. The van der Waals surface area contributed by atoms with Gasteiger partial charge in [0.05, 0.1) is 0 Å². The molecule has 0 spiro atoms. The molecule has 0 amide bonds. The van der Waals surface area contributed by atoms with Crippen LogP contribution >= 0.6 is 34.1 Å². The van der Waals surface area contributed by atoms with Crippen molar-refractivity contribution in [2.45, 2.75) is 47.2 Å². The molecule has 0 saturated heterocycles. The second-order valence-electron chi connectivity index (χ2n) is 22.0. The van der Waals surface area contributed by atoms with E-state index in [4.69, 9.17) is 34.1 Å². The molecule has 16 aromatic carbocycles. The third-order valence-corrected chi connectivity index (χ3v) is 15.9. The van der Waals surface area contributed by atoms with Crippen molar-refractivity contribution in [3.63, 3.8) is 0 Å². The summed E-state index contributed by atoms with van der Waals surface area (Å²) in [6.45, 7) is 19.0. The Morgan fingerprint density at radius 1 is 0.258 bits per heavy atom. The molecule has 0 nitrogen and oxygen atoms in total. The van der Waals surface area contributed by atoms with E-state index in [0.717, 1.165) is 6.42 Å². The molecule has 0 aliphatic heterocycles. The van der Waals surface area contributed by atoms with Gasteiger partial charge >= 0.3 is 75.7 Å². The van der Waals surface area contributed by atoms with Gasteiger partial charge < -0.3 is 20.3 Å². The van der Waals surface area contributed by atoms with Gasteiger partial charge in [0, 0.05) is 20.5 Å². The summed E-state index contributed by atoms with van der Waals surface area (Å²) >= 11 is -1.65. The Bertz CT molecular complexity index is 4340. The zero-order valence-corrected chi connectivity index (χ0v) is 63.3. The predicted molar refractivity (Wildman–Crippen MR) is 411 cm³/mol. The Morgan fingerprint density at radius 2 is 0.409 bits per heavy atom. The van der Waals surface area contributed by atoms with Crippen LogP contribution in [0, 0.1) is 41.5 Å². The molecule has 0 aromatic heterocycles. The van der Waals surface area contributed by atoms with E-state index in [1.807, 2.05) is 0 Å². The van der Waals surface area contributed by atoms with Gasteiger partial charge in [0.1, 0.15) is 0 Å². The number of halogens is 4. The third-order valence-electron chi connectivity index (χ3n) is 15.9. The molecule has 0 atom stereocenters. The van der Waals surface area contributed by atoms with Crippen molar-refractivity contribution in [3.05, 3.63) is 327 Å². The van der Waals surface area contributed by atoms with E-state index in [-0.39, 0.29) is 0 Å². The Kier molecular flexibility index (Phi) is 28.7. The fourth-order valence-electron chi connectivity index (χ4n) is 12.3. The van der Waals surface area contributed by atoms with Crippen LogP contribution in [-0.2, 0) is 41.7 Å². The average Bonchev–Trinajstić information content (AvgIpc) is 1.81. The molecule has 0 bridgehead atoms. The van der Waals surface area contributed by atoms with Crippen LogP contribution in [0.4, 0.5) is 0 Å². The number of aryl methyl sites for hydroxylation is 4. The van der Waals surface area contributed by atoms with E-state index in [0.29, 0.717) is 0 Å². The summed E-state index contributed by atoms with van der Waals surface area (Å²) < 4.78 is 0. The molecule has 8 heteroatoms. The Balaban J connectivity index is 0.000000150. The van der Waals surface area contributed by atoms with Crippen molar-refractivity contribution in [1.82, 2.24) is 0 Å². The standard InChI is InChI=1S/4C20H15.C3H6.2CH3Si.4ClH.2Zr/c4*1-14-12-16-8-5-11-19(20(16)13-14)18-10-4-7-15-6-2-3-9-17(15)18;1-3-2;2*1-2;;;;;;/h4*2-13H,1H3;1-3H2;2*1H3;4*1H;;/q4*-1;-2;;;;;;;2*+2/p-4. The summed E-state index contributed by atoms with van der Waals surface area (Å²) in [5.41, 5.74) is 15.9. The first kappa shape index (κ1) is 72.3. The number of fused-ring (bicyclic) bond motifs is 8. The molecule has 0 unspecified atom stereocenters. The minimum absolute atomic E-state index is 0.750. The third kappa shape index (κ3) is 18.1. The zero-order chi connectivity index (χ0) is 66.2. The number of benzene rings is 12. The van der Waals surface area contributed by atoms with E-state index in [9.17, 15) is 0 Å². The number of rotatable bonds is 4. The van der Waals surface area contributed by atoms with Crippen LogP contribution in [0.25, 0.3) is 131 Å². The van der Waals surface area contributed by atoms with Gasteiger partial charge in [0.2, 0.25) is 0 Å². The van der Waals surface area contributed by atoms with Crippen molar-refractivity contribution in [2.24, 2.45) is 0 Å². The molecule has 0 aliphatic carbocycles. The van der Waals surface area contributed by atoms with Crippen LogP contribution in [0.1, 0.15) is 28.7 Å². The van der Waals surface area contributed by atoms with Crippen molar-refractivity contribution in [3.8, 4) is 44.5 Å². The average molecular weight is 1470 g/mol.